The van der Waals surface area contributed by atoms with Gasteiger partial charge in [-0.05, 0) is 37.3 Å². The molecule has 5 rings (SSSR count). The van der Waals surface area contributed by atoms with Crippen molar-refractivity contribution in [3.8, 4) is 5.88 Å². The highest BCUT2D eigenvalue weighted by atomic mass is 32.1. The summed E-state index contributed by atoms with van der Waals surface area (Å²) < 4.78 is 7.12. The van der Waals surface area contributed by atoms with Crippen LogP contribution in [-0.2, 0) is 12.8 Å². The van der Waals surface area contributed by atoms with E-state index in [0.29, 0.717) is 18.4 Å². The van der Waals surface area contributed by atoms with E-state index < -0.39 is 0 Å². The van der Waals surface area contributed by atoms with Gasteiger partial charge in [-0.25, -0.2) is 4.98 Å². The largest absolute Gasteiger partial charge is 0.476 e. The second kappa shape index (κ2) is 6.22. The summed E-state index contributed by atoms with van der Waals surface area (Å²) in [5.74, 6) is 1.17. The van der Waals surface area contributed by atoms with Gasteiger partial charge < -0.3 is 9.64 Å². The van der Waals surface area contributed by atoms with E-state index in [1.165, 1.54) is 16.7 Å². The normalized spacial score (nSPS) is 19.5. The van der Waals surface area contributed by atoms with Crippen LogP contribution >= 0.6 is 11.3 Å². The first-order chi connectivity index (χ1) is 12.3. The highest BCUT2D eigenvalue weighted by Gasteiger charge is 2.26. The van der Waals surface area contributed by atoms with E-state index in [9.17, 15) is 0 Å². The zero-order valence-corrected chi connectivity index (χ0v) is 14.7. The van der Waals surface area contributed by atoms with Gasteiger partial charge in [0, 0.05) is 31.3 Å². The van der Waals surface area contributed by atoms with Gasteiger partial charge in [0.2, 0.25) is 5.88 Å². The third kappa shape index (κ3) is 2.93. The summed E-state index contributed by atoms with van der Waals surface area (Å²) in [5, 5.41) is 9.59. The Morgan fingerprint density at radius 1 is 1.28 bits per heavy atom. The summed E-state index contributed by atoms with van der Waals surface area (Å²) in [6.07, 6.45) is 8.11. The molecule has 0 spiro atoms. The van der Waals surface area contributed by atoms with Crippen LogP contribution in [0.3, 0.4) is 0 Å². The zero-order valence-electron chi connectivity index (χ0n) is 13.9. The Kier molecular flexibility index (Phi) is 3.73. The molecular weight excluding hydrogens is 334 g/mol. The molecule has 3 aromatic heterocycles. The first kappa shape index (κ1) is 15.0. The van der Waals surface area contributed by atoms with Crippen LogP contribution in [0.4, 0.5) is 5.13 Å². The Balaban J connectivity index is 1.22. The van der Waals surface area contributed by atoms with Crippen molar-refractivity contribution in [1.82, 2.24) is 20.2 Å². The summed E-state index contributed by atoms with van der Waals surface area (Å²) in [4.78, 5) is 11.2. The van der Waals surface area contributed by atoms with E-state index in [4.69, 9.17) is 9.72 Å². The van der Waals surface area contributed by atoms with Gasteiger partial charge in [0.05, 0.1) is 23.2 Å². The number of aryl methyl sites for hydroxylation is 2. The van der Waals surface area contributed by atoms with Crippen molar-refractivity contribution in [3.63, 3.8) is 0 Å². The molecular formula is C18H19N5OS. The molecule has 0 N–H and O–H groups in total. The average Bonchev–Trinajstić information content (AvgIpc) is 3.37. The summed E-state index contributed by atoms with van der Waals surface area (Å²) in [6.45, 7) is 2.69. The molecule has 1 saturated heterocycles. The minimum Gasteiger partial charge on any atom is -0.476 e. The number of ether oxygens (including phenoxy) is 1. The number of aromatic nitrogens is 4. The smallest absolute Gasteiger partial charge is 0.233 e. The molecule has 0 saturated carbocycles. The quantitative estimate of drug-likeness (QED) is 0.719. The molecule has 25 heavy (non-hydrogen) atoms. The lowest BCUT2D eigenvalue weighted by molar-refractivity contribution is 0.249. The van der Waals surface area contributed by atoms with E-state index >= 15 is 0 Å². The molecule has 1 aliphatic carbocycles. The number of fused-ring (bicyclic) bond motifs is 2. The lowest BCUT2D eigenvalue weighted by Crippen LogP contribution is -2.21. The third-order valence-electron chi connectivity index (χ3n) is 5.00. The van der Waals surface area contributed by atoms with Crippen molar-refractivity contribution in [2.75, 3.05) is 24.6 Å². The molecule has 128 valence electrons. The standard InChI is InChI=1S/C18H19N5OS/c1-2-13-8-17(22-21-14(13)3-1)24-11-12-5-7-23(10-12)18-20-15-9-19-6-4-16(15)25-18/h4,6,8-9,12H,1-3,5,7,10-11H2. The predicted octanol–water partition coefficient (Wildman–Crippen LogP) is 2.88. The molecule has 1 aliphatic heterocycles. The lowest BCUT2D eigenvalue weighted by atomic mass is 10.1. The summed E-state index contributed by atoms with van der Waals surface area (Å²) in [7, 11) is 0. The SMILES string of the molecule is c1cc2sc(N3CCC(COc4cc5c(nn4)CCC5)C3)nc2cn1. The van der Waals surface area contributed by atoms with Gasteiger partial charge in [-0.2, -0.15) is 5.10 Å². The van der Waals surface area contributed by atoms with Crippen LogP contribution in [0.5, 0.6) is 5.88 Å². The van der Waals surface area contributed by atoms with Gasteiger partial charge in [0.25, 0.3) is 0 Å². The Hall–Kier alpha value is -2.28. The maximum atomic E-state index is 5.93. The molecule has 6 nitrogen and oxygen atoms in total. The van der Waals surface area contributed by atoms with Gasteiger partial charge in [-0.1, -0.05) is 11.3 Å². The van der Waals surface area contributed by atoms with Crippen LogP contribution in [0, 0.1) is 5.92 Å². The molecule has 1 fully saturated rings. The molecule has 0 radical (unpaired) electrons. The summed E-state index contributed by atoms with van der Waals surface area (Å²) in [6, 6.07) is 4.10. The van der Waals surface area contributed by atoms with Gasteiger partial charge >= 0.3 is 0 Å². The molecule has 2 aliphatic rings. The minimum absolute atomic E-state index is 0.500. The van der Waals surface area contributed by atoms with Crippen molar-refractivity contribution in [1.29, 1.82) is 0 Å². The fourth-order valence-corrected chi connectivity index (χ4v) is 4.60. The second-order valence-corrected chi connectivity index (χ2v) is 7.77. The molecule has 4 heterocycles. The summed E-state index contributed by atoms with van der Waals surface area (Å²) in [5.41, 5.74) is 3.43. The van der Waals surface area contributed by atoms with Crippen molar-refractivity contribution in [3.05, 3.63) is 35.8 Å². The fourth-order valence-electron chi connectivity index (χ4n) is 3.63. The maximum absolute atomic E-state index is 5.93. The number of anilines is 1. The van der Waals surface area contributed by atoms with E-state index in [1.54, 1.807) is 11.3 Å². The number of thiazole rings is 1. The van der Waals surface area contributed by atoms with E-state index in [2.05, 4.69) is 26.1 Å². The first-order valence-electron chi connectivity index (χ1n) is 8.79. The van der Waals surface area contributed by atoms with Crippen LogP contribution in [0.25, 0.3) is 10.2 Å². The van der Waals surface area contributed by atoms with Crippen LogP contribution < -0.4 is 9.64 Å². The highest BCUT2D eigenvalue weighted by Crippen LogP contribution is 2.32. The minimum atomic E-state index is 0.500. The van der Waals surface area contributed by atoms with Crippen LogP contribution in [0.15, 0.2) is 24.5 Å². The molecule has 0 aromatic carbocycles. The number of rotatable bonds is 4. The van der Waals surface area contributed by atoms with Crippen LogP contribution in [0.2, 0.25) is 0 Å². The average molecular weight is 353 g/mol. The van der Waals surface area contributed by atoms with Crippen LogP contribution in [0.1, 0.15) is 24.1 Å². The van der Waals surface area contributed by atoms with Crippen LogP contribution in [-0.4, -0.2) is 39.9 Å². The molecule has 0 amide bonds. The van der Waals surface area contributed by atoms with Crippen molar-refractivity contribution in [2.24, 2.45) is 5.92 Å². The van der Waals surface area contributed by atoms with E-state index in [-0.39, 0.29) is 0 Å². The molecule has 1 atom stereocenters. The Morgan fingerprint density at radius 3 is 3.24 bits per heavy atom. The number of hydrogen-bond acceptors (Lipinski definition) is 7. The zero-order chi connectivity index (χ0) is 16.6. The molecule has 3 aromatic rings. The highest BCUT2D eigenvalue weighted by molar-refractivity contribution is 7.22. The van der Waals surface area contributed by atoms with Crippen molar-refractivity contribution >= 4 is 26.7 Å². The third-order valence-corrected chi connectivity index (χ3v) is 6.10. The van der Waals surface area contributed by atoms with Crippen molar-refractivity contribution < 1.29 is 4.74 Å². The molecule has 1 unspecified atom stereocenters. The van der Waals surface area contributed by atoms with E-state index in [1.807, 2.05) is 18.5 Å². The van der Waals surface area contributed by atoms with Gasteiger partial charge in [-0.15, -0.1) is 5.10 Å². The topological polar surface area (TPSA) is 64.0 Å². The van der Waals surface area contributed by atoms with Gasteiger partial charge in [-0.3, -0.25) is 4.98 Å². The first-order valence-corrected chi connectivity index (χ1v) is 9.60. The van der Waals surface area contributed by atoms with E-state index in [0.717, 1.165) is 48.7 Å². The Labute approximate surface area is 149 Å². The summed E-state index contributed by atoms with van der Waals surface area (Å²) >= 11 is 1.74. The van der Waals surface area contributed by atoms with Gasteiger partial charge in [0.1, 0.15) is 5.52 Å². The molecule has 7 heteroatoms. The fraction of sp³-hybridized carbons (Fsp3) is 0.444. The number of hydrogen-bond donors (Lipinski definition) is 0. The Bertz CT molecular complexity index is 878. The monoisotopic (exact) mass is 353 g/mol. The van der Waals surface area contributed by atoms with Crippen molar-refractivity contribution in [2.45, 2.75) is 25.7 Å². The Morgan fingerprint density at radius 2 is 2.28 bits per heavy atom. The number of pyridine rings is 1. The number of nitrogens with zero attached hydrogens (tertiary/aromatic N) is 5. The maximum Gasteiger partial charge on any atom is 0.233 e. The predicted molar refractivity (Wildman–Crippen MR) is 97.3 cm³/mol. The lowest BCUT2D eigenvalue weighted by Gasteiger charge is -2.15. The molecule has 0 bridgehead atoms. The second-order valence-electron chi connectivity index (χ2n) is 6.76. The van der Waals surface area contributed by atoms with Gasteiger partial charge in [0.15, 0.2) is 5.13 Å².